The van der Waals surface area contributed by atoms with Gasteiger partial charge in [-0.3, -0.25) is 4.79 Å². The number of Topliss-reactive ketones (excluding diaryl/α,β-unsaturated/α-hetero) is 1. The molecular weight excluding hydrogens is 360 g/mol. The van der Waals surface area contributed by atoms with Gasteiger partial charge >= 0.3 is 0 Å². The Labute approximate surface area is 167 Å². The maximum Gasteiger partial charge on any atom is 0.203 e. The van der Waals surface area contributed by atoms with E-state index in [9.17, 15) is 15.0 Å². The summed E-state index contributed by atoms with van der Waals surface area (Å²) in [6.07, 6.45) is 0.976. The molecule has 0 amide bonds. The number of aliphatic hydroxyl groups is 2. The van der Waals surface area contributed by atoms with Gasteiger partial charge in [-0.2, -0.15) is 0 Å². The summed E-state index contributed by atoms with van der Waals surface area (Å²) in [4.78, 5) is 13.6. The van der Waals surface area contributed by atoms with Crippen molar-refractivity contribution in [1.82, 2.24) is 0 Å². The van der Waals surface area contributed by atoms with E-state index in [1.165, 1.54) is 7.11 Å². The molecule has 0 aromatic carbocycles. The molecule has 0 unspecified atom stereocenters. The molecule has 0 aromatic rings. The van der Waals surface area contributed by atoms with E-state index in [0.717, 1.165) is 6.42 Å². The lowest BCUT2D eigenvalue weighted by Gasteiger charge is -2.69. The Morgan fingerprint density at radius 2 is 1.79 bits per heavy atom. The van der Waals surface area contributed by atoms with E-state index in [1.54, 1.807) is 7.11 Å². The summed E-state index contributed by atoms with van der Waals surface area (Å²) in [5, 5.41) is 22.3. The van der Waals surface area contributed by atoms with Crippen molar-refractivity contribution in [2.45, 2.75) is 65.1 Å². The quantitative estimate of drug-likeness (QED) is 0.746. The van der Waals surface area contributed by atoms with Crippen LogP contribution in [0.25, 0.3) is 0 Å². The zero-order valence-electron chi connectivity index (χ0n) is 17.7. The topological polar surface area (TPSA) is 85.2 Å². The lowest BCUT2D eigenvalue weighted by atomic mass is 9.38. The number of aliphatic hydroxyl groups excluding tert-OH is 2. The second kappa shape index (κ2) is 6.53. The molecule has 6 heteroatoms. The summed E-state index contributed by atoms with van der Waals surface area (Å²) in [7, 11) is 3.17. The predicted octanol–water partition coefficient (Wildman–Crippen LogP) is 2.13. The zero-order chi connectivity index (χ0) is 20.6. The Morgan fingerprint density at radius 3 is 2.39 bits per heavy atom. The third kappa shape index (κ3) is 2.32. The standard InChI is InChI=1S/C22H34O6/c1-10-7-14(26-5)20(25)22(4)12(10)8-15-21(3)13(9-16(27-6)28-15)11(2)17(23)18(24)19(21)22/h7,10-13,15-19,23-24H,8-9H2,1-6H3/t10-,11-,12+,13+,15-,16+,17+,18-,19+,21-,22+/m1/s1. The molecule has 3 fully saturated rings. The lowest BCUT2D eigenvalue weighted by Crippen LogP contribution is -2.73. The van der Waals surface area contributed by atoms with Crippen LogP contribution >= 0.6 is 0 Å². The van der Waals surface area contributed by atoms with Crippen LogP contribution in [0.3, 0.4) is 0 Å². The molecule has 1 aliphatic heterocycles. The molecule has 2 saturated carbocycles. The molecule has 0 bridgehead atoms. The molecule has 158 valence electrons. The number of fused-ring (bicyclic) bond motifs is 2. The second-order valence-corrected chi connectivity index (χ2v) is 9.86. The predicted molar refractivity (Wildman–Crippen MR) is 102 cm³/mol. The first kappa shape index (κ1) is 20.3. The zero-order valence-corrected chi connectivity index (χ0v) is 17.7. The van der Waals surface area contributed by atoms with E-state index in [-0.39, 0.29) is 41.8 Å². The van der Waals surface area contributed by atoms with E-state index in [2.05, 4.69) is 13.8 Å². The van der Waals surface area contributed by atoms with Gasteiger partial charge in [-0.1, -0.05) is 27.7 Å². The number of ketones is 1. The van der Waals surface area contributed by atoms with Gasteiger partial charge in [0.25, 0.3) is 0 Å². The van der Waals surface area contributed by atoms with Crippen LogP contribution < -0.4 is 0 Å². The summed E-state index contributed by atoms with van der Waals surface area (Å²) < 4.78 is 17.4. The Balaban J connectivity index is 1.90. The largest absolute Gasteiger partial charge is 0.493 e. The number of hydrogen-bond donors (Lipinski definition) is 2. The highest BCUT2D eigenvalue weighted by molar-refractivity contribution is 5.99. The van der Waals surface area contributed by atoms with Crippen LogP contribution in [0, 0.1) is 40.4 Å². The van der Waals surface area contributed by atoms with Gasteiger partial charge in [0.2, 0.25) is 5.78 Å². The Bertz CT molecular complexity index is 691. The van der Waals surface area contributed by atoms with Crippen LogP contribution in [-0.4, -0.2) is 54.8 Å². The highest BCUT2D eigenvalue weighted by Gasteiger charge is 2.72. The molecule has 6 nitrogen and oxygen atoms in total. The van der Waals surface area contributed by atoms with E-state index in [1.807, 2.05) is 19.9 Å². The van der Waals surface area contributed by atoms with Crippen molar-refractivity contribution in [2.24, 2.45) is 40.4 Å². The van der Waals surface area contributed by atoms with Crippen molar-refractivity contribution in [3.63, 3.8) is 0 Å². The molecule has 0 aromatic heterocycles. The van der Waals surface area contributed by atoms with Gasteiger partial charge in [0.05, 0.1) is 25.4 Å². The molecule has 1 saturated heterocycles. The Morgan fingerprint density at radius 1 is 1.11 bits per heavy atom. The minimum atomic E-state index is -0.985. The van der Waals surface area contributed by atoms with Gasteiger partial charge < -0.3 is 24.4 Å². The number of hydrogen-bond acceptors (Lipinski definition) is 6. The van der Waals surface area contributed by atoms with Crippen LogP contribution in [0.15, 0.2) is 11.8 Å². The average molecular weight is 395 g/mol. The highest BCUT2D eigenvalue weighted by atomic mass is 16.7. The van der Waals surface area contributed by atoms with Crippen LogP contribution in [-0.2, 0) is 19.0 Å². The summed E-state index contributed by atoms with van der Waals surface area (Å²) in [5.74, 6) is 0.00939. The van der Waals surface area contributed by atoms with Gasteiger partial charge in [0, 0.05) is 30.3 Å². The van der Waals surface area contributed by atoms with Gasteiger partial charge in [0.15, 0.2) is 12.0 Å². The SMILES string of the molecule is COC1=C[C@@H](C)[C@@H]2C[C@H]3O[C@H](OC)C[C@H]4[C@@H](C)[C@H](O)[C@@H](O)[C@H]([C@@]2(C)C1=O)[C@@]34C. The van der Waals surface area contributed by atoms with Crippen molar-refractivity contribution < 1.29 is 29.2 Å². The van der Waals surface area contributed by atoms with Crippen molar-refractivity contribution in [2.75, 3.05) is 14.2 Å². The van der Waals surface area contributed by atoms with Gasteiger partial charge in [-0.15, -0.1) is 0 Å². The lowest BCUT2D eigenvalue weighted by molar-refractivity contribution is -0.329. The van der Waals surface area contributed by atoms with Gasteiger partial charge in [-0.25, -0.2) is 0 Å². The minimum Gasteiger partial charge on any atom is -0.493 e. The molecule has 2 N–H and O–H groups in total. The number of allylic oxidation sites excluding steroid dienone is 2. The van der Waals surface area contributed by atoms with Crippen LogP contribution in [0.4, 0.5) is 0 Å². The molecule has 11 atom stereocenters. The van der Waals surface area contributed by atoms with Gasteiger partial charge in [-0.05, 0) is 36.2 Å². The molecule has 0 spiro atoms. The fourth-order valence-corrected chi connectivity index (χ4v) is 7.51. The third-order valence-electron chi connectivity index (χ3n) is 8.92. The monoisotopic (exact) mass is 394 g/mol. The Kier molecular flexibility index (Phi) is 4.74. The van der Waals surface area contributed by atoms with Crippen LogP contribution in [0.2, 0.25) is 0 Å². The van der Waals surface area contributed by atoms with Gasteiger partial charge in [0.1, 0.15) is 0 Å². The Hall–Kier alpha value is -0.950. The van der Waals surface area contributed by atoms with Crippen molar-refractivity contribution in [3.8, 4) is 0 Å². The number of rotatable bonds is 2. The summed E-state index contributed by atoms with van der Waals surface area (Å²) in [6.45, 7) is 8.21. The molecular formula is C22H34O6. The maximum absolute atomic E-state index is 13.6. The number of methoxy groups -OCH3 is 2. The van der Waals surface area contributed by atoms with E-state index >= 15 is 0 Å². The van der Waals surface area contributed by atoms with Crippen LogP contribution in [0.1, 0.15) is 40.5 Å². The third-order valence-corrected chi connectivity index (χ3v) is 8.92. The first-order chi connectivity index (χ1) is 13.1. The molecule has 4 aliphatic rings. The fraction of sp³-hybridized carbons (Fsp3) is 0.864. The normalized spacial score (nSPS) is 55.8. The van der Waals surface area contributed by atoms with Crippen molar-refractivity contribution in [1.29, 1.82) is 0 Å². The number of carbonyl (C=O) groups is 1. The fourth-order valence-electron chi connectivity index (χ4n) is 7.51. The van der Waals surface area contributed by atoms with Crippen molar-refractivity contribution in [3.05, 3.63) is 11.8 Å². The van der Waals surface area contributed by atoms with Crippen molar-refractivity contribution >= 4 is 5.78 Å². The second-order valence-electron chi connectivity index (χ2n) is 9.86. The summed E-state index contributed by atoms with van der Waals surface area (Å²) in [6, 6.07) is 0. The average Bonchev–Trinajstić information content (AvgIpc) is 2.66. The molecule has 3 aliphatic carbocycles. The number of ether oxygens (including phenoxy) is 3. The first-order valence-electron chi connectivity index (χ1n) is 10.5. The molecule has 28 heavy (non-hydrogen) atoms. The van der Waals surface area contributed by atoms with E-state index < -0.39 is 29.0 Å². The summed E-state index contributed by atoms with van der Waals surface area (Å²) in [5.41, 5.74) is -1.24. The van der Waals surface area contributed by atoms with E-state index in [0.29, 0.717) is 12.2 Å². The molecule has 1 heterocycles. The molecule has 0 radical (unpaired) electrons. The number of carbonyl (C=O) groups excluding carboxylic acids is 1. The highest BCUT2D eigenvalue weighted by Crippen LogP contribution is 2.68. The first-order valence-corrected chi connectivity index (χ1v) is 10.5. The summed E-state index contributed by atoms with van der Waals surface area (Å²) >= 11 is 0. The van der Waals surface area contributed by atoms with E-state index in [4.69, 9.17) is 14.2 Å². The van der Waals surface area contributed by atoms with Crippen LogP contribution in [0.5, 0.6) is 0 Å². The maximum atomic E-state index is 13.6. The minimum absolute atomic E-state index is 0.00786. The smallest absolute Gasteiger partial charge is 0.203 e. The molecule has 4 rings (SSSR count).